The number of carbonyl (C=O) groups is 2. The Balaban J connectivity index is 1.88. The van der Waals surface area contributed by atoms with Crippen molar-refractivity contribution in [3.8, 4) is 0 Å². The Labute approximate surface area is 117 Å². The molecule has 0 spiro atoms. The van der Waals surface area contributed by atoms with E-state index >= 15 is 0 Å². The van der Waals surface area contributed by atoms with Crippen molar-refractivity contribution in [2.24, 2.45) is 0 Å². The largest absolute Gasteiger partial charge is 0.478 e. The Morgan fingerprint density at radius 2 is 2.10 bits per heavy atom. The Kier molecular flexibility index (Phi) is 4.57. The van der Waals surface area contributed by atoms with Crippen LogP contribution in [0.1, 0.15) is 22.8 Å². The summed E-state index contributed by atoms with van der Waals surface area (Å²) >= 11 is 0. The summed E-state index contributed by atoms with van der Waals surface area (Å²) in [6, 6.07) is 6.41. The quantitative estimate of drug-likeness (QED) is 0.874. The molecule has 1 atom stereocenters. The van der Waals surface area contributed by atoms with Crippen molar-refractivity contribution < 1.29 is 19.4 Å². The van der Waals surface area contributed by atoms with E-state index in [1.807, 2.05) is 6.92 Å². The summed E-state index contributed by atoms with van der Waals surface area (Å²) in [5, 5.41) is 11.6. The number of rotatable bonds is 3. The molecule has 0 bridgehead atoms. The van der Waals surface area contributed by atoms with Gasteiger partial charge in [-0.2, -0.15) is 0 Å². The summed E-state index contributed by atoms with van der Waals surface area (Å²) in [6.45, 7) is 4.03. The minimum atomic E-state index is -0.956. The maximum absolute atomic E-state index is 12.0. The summed E-state index contributed by atoms with van der Waals surface area (Å²) in [6.07, 6.45) is 0. The minimum absolute atomic E-state index is 0.0677. The Morgan fingerprint density at radius 3 is 2.70 bits per heavy atom. The molecule has 1 fully saturated rings. The highest BCUT2D eigenvalue weighted by atomic mass is 16.5. The zero-order valence-corrected chi connectivity index (χ0v) is 11.3. The molecular formula is C14H18N2O4. The fourth-order valence-electron chi connectivity index (χ4n) is 2.07. The van der Waals surface area contributed by atoms with E-state index < -0.39 is 5.97 Å². The van der Waals surface area contributed by atoms with Gasteiger partial charge in [0.05, 0.1) is 24.8 Å². The number of hydrogen-bond acceptors (Lipinski definition) is 3. The zero-order chi connectivity index (χ0) is 14.5. The predicted octanol–water partition coefficient (Wildman–Crippen LogP) is 1.32. The highest BCUT2D eigenvalue weighted by Gasteiger charge is 2.23. The number of carboxylic acids is 1. The van der Waals surface area contributed by atoms with Gasteiger partial charge in [0.15, 0.2) is 0 Å². The lowest BCUT2D eigenvalue weighted by atomic mass is 10.1. The van der Waals surface area contributed by atoms with E-state index in [0.29, 0.717) is 26.3 Å². The van der Waals surface area contributed by atoms with E-state index in [-0.39, 0.29) is 17.6 Å². The molecule has 0 unspecified atom stereocenters. The van der Waals surface area contributed by atoms with Gasteiger partial charge in [0.25, 0.3) is 0 Å². The number of carboxylic acid groups (broad SMARTS) is 1. The lowest BCUT2D eigenvalue weighted by molar-refractivity contribution is 0.0190. The first-order valence-electron chi connectivity index (χ1n) is 6.52. The van der Waals surface area contributed by atoms with Crippen LogP contribution in [0.2, 0.25) is 0 Å². The normalized spacial score (nSPS) is 18.6. The maximum Gasteiger partial charge on any atom is 0.335 e. The molecule has 108 valence electrons. The molecule has 1 aliphatic heterocycles. The molecule has 1 aliphatic rings. The number of aromatic carboxylic acids is 1. The number of nitrogens with zero attached hydrogens (tertiary/aromatic N) is 1. The molecule has 6 heteroatoms. The first-order valence-corrected chi connectivity index (χ1v) is 6.52. The van der Waals surface area contributed by atoms with Gasteiger partial charge in [0, 0.05) is 13.1 Å². The van der Waals surface area contributed by atoms with E-state index in [1.54, 1.807) is 17.0 Å². The number of benzene rings is 1. The van der Waals surface area contributed by atoms with Crippen molar-refractivity contribution in [1.82, 2.24) is 10.2 Å². The number of hydrogen-bond donors (Lipinski definition) is 2. The number of morpholine rings is 1. The average molecular weight is 278 g/mol. The molecule has 1 saturated heterocycles. The molecule has 1 heterocycles. The predicted molar refractivity (Wildman–Crippen MR) is 72.6 cm³/mol. The van der Waals surface area contributed by atoms with E-state index in [1.165, 1.54) is 12.1 Å². The molecule has 6 nitrogen and oxygen atoms in total. The minimum Gasteiger partial charge on any atom is -0.478 e. The second-order valence-corrected chi connectivity index (χ2v) is 4.78. The summed E-state index contributed by atoms with van der Waals surface area (Å²) in [4.78, 5) is 24.5. The smallest absolute Gasteiger partial charge is 0.335 e. The molecule has 2 amide bonds. The third-order valence-electron chi connectivity index (χ3n) is 3.27. The molecule has 2 N–H and O–H groups in total. The van der Waals surface area contributed by atoms with Crippen molar-refractivity contribution in [1.29, 1.82) is 0 Å². The number of carbonyl (C=O) groups excluding carboxylic acids is 1. The summed E-state index contributed by atoms with van der Waals surface area (Å²) in [5.41, 5.74) is 1.10. The van der Waals surface area contributed by atoms with Gasteiger partial charge in [-0.3, -0.25) is 0 Å². The standard InChI is InChI=1S/C14H18N2O4/c1-10-9-20-7-6-16(10)14(19)15-8-11-2-4-12(5-3-11)13(17)18/h2-5,10H,6-9H2,1H3,(H,15,19)(H,17,18)/t10-/m0/s1. The van der Waals surface area contributed by atoms with E-state index in [2.05, 4.69) is 5.32 Å². The van der Waals surface area contributed by atoms with Gasteiger partial charge >= 0.3 is 12.0 Å². The second kappa shape index (κ2) is 6.38. The average Bonchev–Trinajstić information content (AvgIpc) is 2.45. The van der Waals surface area contributed by atoms with Crippen molar-refractivity contribution in [2.75, 3.05) is 19.8 Å². The molecule has 0 radical (unpaired) electrons. The fourth-order valence-corrected chi connectivity index (χ4v) is 2.07. The van der Waals surface area contributed by atoms with Crippen molar-refractivity contribution in [2.45, 2.75) is 19.5 Å². The highest BCUT2D eigenvalue weighted by molar-refractivity contribution is 5.87. The molecule has 0 saturated carbocycles. The topological polar surface area (TPSA) is 78.9 Å². The third kappa shape index (κ3) is 3.48. The number of urea groups is 1. The summed E-state index contributed by atoms with van der Waals surface area (Å²) in [5.74, 6) is -0.956. The third-order valence-corrected chi connectivity index (χ3v) is 3.27. The number of amides is 2. The van der Waals surface area contributed by atoms with E-state index in [0.717, 1.165) is 5.56 Å². The molecule has 1 aromatic rings. The molecule has 0 aliphatic carbocycles. The van der Waals surface area contributed by atoms with E-state index in [9.17, 15) is 9.59 Å². The molecule has 20 heavy (non-hydrogen) atoms. The van der Waals surface area contributed by atoms with Crippen LogP contribution in [0.25, 0.3) is 0 Å². The maximum atomic E-state index is 12.0. The monoisotopic (exact) mass is 278 g/mol. The van der Waals surface area contributed by atoms with Crippen LogP contribution >= 0.6 is 0 Å². The van der Waals surface area contributed by atoms with Gasteiger partial charge in [-0.1, -0.05) is 12.1 Å². The van der Waals surface area contributed by atoms with Crippen LogP contribution in [0.15, 0.2) is 24.3 Å². The van der Waals surface area contributed by atoms with E-state index in [4.69, 9.17) is 9.84 Å². The lowest BCUT2D eigenvalue weighted by Crippen LogP contribution is -2.51. The number of nitrogens with one attached hydrogen (secondary N) is 1. The SMILES string of the molecule is C[C@H]1COCCN1C(=O)NCc1ccc(C(=O)O)cc1. The van der Waals surface area contributed by atoms with Crippen molar-refractivity contribution in [3.63, 3.8) is 0 Å². The fraction of sp³-hybridized carbons (Fsp3) is 0.429. The van der Waals surface area contributed by atoms with Gasteiger partial charge in [-0.25, -0.2) is 9.59 Å². The number of ether oxygens (including phenoxy) is 1. The van der Waals surface area contributed by atoms with Crippen LogP contribution in [0.4, 0.5) is 4.79 Å². The summed E-state index contributed by atoms with van der Waals surface area (Å²) < 4.78 is 5.28. The molecular weight excluding hydrogens is 260 g/mol. The zero-order valence-electron chi connectivity index (χ0n) is 11.3. The van der Waals surface area contributed by atoms with Gasteiger partial charge in [-0.15, -0.1) is 0 Å². The van der Waals surface area contributed by atoms with Gasteiger partial charge < -0.3 is 20.1 Å². The van der Waals surface area contributed by atoms with Gasteiger partial charge in [0.1, 0.15) is 0 Å². The van der Waals surface area contributed by atoms with Gasteiger partial charge in [-0.05, 0) is 24.6 Å². The second-order valence-electron chi connectivity index (χ2n) is 4.78. The molecule has 0 aromatic heterocycles. The van der Waals surface area contributed by atoms with Crippen LogP contribution in [0.3, 0.4) is 0 Å². The Morgan fingerprint density at radius 1 is 1.40 bits per heavy atom. The van der Waals surface area contributed by atoms with Crippen LogP contribution in [0.5, 0.6) is 0 Å². The summed E-state index contributed by atoms with van der Waals surface area (Å²) in [7, 11) is 0. The van der Waals surface area contributed by atoms with Gasteiger partial charge in [0.2, 0.25) is 0 Å². The molecule has 1 aromatic carbocycles. The van der Waals surface area contributed by atoms with Crippen LogP contribution in [-0.4, -0.2) is 47.8 Å². The highest BCUT2D eigenvalue weighted by Crippen LogP contribution is 2.08. The van der Waals surface area contributed by atoms with Crippen molar-refractivity contribution in [3.05, 3.63) is 35.4 Å². The molecule has 2 rings (SSSR count). The lowest BCUT2D eigenvalue weighted by Gasteiger charge is -2.33. The van der Waals surface area contributed by atoms with Crippen LogP contribution in [-0.2, 0) is 11.3 Å². The van der Waals surface area contributed by atoms with Crippen molar-refractivity contribution >= 4 is 12.0 Å². The first-order chi connectivity index (χ1) is 9.58. The van der Waals surface area contributed by atoms with Crippen LogP contribution in [0, 0.1) is 0 Å². The van der Waals surface area contributed by atoms with Crippen LogP contribution < -0.4 is 5.32 Å². The Bertz CT molecular complexity index is 486. The first kappa shape index (κ1) is 14.3. The Hall–Kier alpha value is -2.08.